The van der Waals surface area contributed by atoms with Crippen molar-refractivity contribution in [1.29, 1.82) is 0 Å². The molecule has 1 atom stereocenters. The Labute approximate surface area is 156 Å². The Hall–Kier alpha value is -2.48. The van der Waals surface area contributed by atoms with Gasteiger partial charge >= 0.3 is 0 Å². The monoisotopic (exact) mass is 374 g/mol. The van der Waals surface area contributed by atoms with Crippen molar-refractivity contribution in [2.24, 2.45) is 5.92 Å². The van der Waals surface area contributed by atoms with Crippen LogP contribution in [0.5, 0.6) is 5.75 Å². The SMILES string of the molecule is COc1cccc(-c2nnc(NC(=O)[C@@H](C)NC(=O)C3CCCC3)s2)c1. The van der Waals surface area contributed by atoms with Crippen molar-refractivity contribution >= 4 is 28.3 Å². The van der Waals surface area contributed by atoms with Crippen LogP contribution in [-0.2, 0) is 9.59 Å². The van der Waals surface area contributed by atoms with Gasteiger partial charge < -0.3 is 10.1 Å². The van der Waals surface area contributed by atoms with Crippen LogP contribution >= 0.6 is 11.3 Å². The zero-order valence-corrected chi connectivity index (χ0v) is 15.6. The minimum Gasteiger partial charge on any atom is -0.497 e. The molecule has 138 valence electrons. The van der Waals surface area contributed by atoms with Crippen LogP contribution < -0.4 is 15.4 Å². The van der Waals surface area contributed by atoms with E-state index in [4.69, 9.17) is 4.74 Å². The first kappa shape index (κ1) is 18.3. The smallest absolute Gasteiger partial charge is 0.248 e. The molecular formula is C18H22N4O3S. The van der Waals surface area contributed by atoms with Gasteiger partial charge in [0.1, 0.15) is 16.8 Å². The van der Waals surface area contributed by atoms with Crippen molar-refractivity contribution in [3.8, 4) is 16.3 Å². The molecule has 0 bridgehead atoms. The third-order valence-electron chi connectivity index (χ3n) is 4.45. The van der Waals surface area contributed by atoms with Gasteiger partial charge in [-0.1, -0.05) is 36.3 Å². The normalized spacial score (nSPS) is 15.5. The number of ether oxygens (including phenoxy) is 1. The molecule has 0 spiro atoms. The highest BCUT2D eigenvalue weighted by atomic mass is 32.1. The topological polar surface area (TPSA) is 93.2 Å². The van der Waals surface area contributed by atoms with Gasteiger partial charge in [0.2, 0.25) is 16.9 Å². The summed E-state index contributed by atoms with van der Waals surface area (Å²) in [5, 5.41) is 14.7. The Morgan fingerprint density at radius 1 is 1.27 bits per heavy atom. The maximum atomic E-state index is 12.3. The Kier molecular flexibility index (Phi) is 5.82. The fourth-order valence-electron chi connectivity index (χ4n) is 2.94. The summed E-state index contributed by atoms with van der Waals surface area (Å²) in [7, 11) is 1.60. The lowest BCUT2D eigenvalue weighted by Crippen LogP contribution is -2.43. The molecule has 1 aliphatic carbocycles. The summed E-state index contributed by atoms with van der Waals surface area (Å²) in [5.74, 6) is 0.419. The molecular weight excluding hydrogens is 352 g/mol. The third-order valence-corrected chi connectivity index (χ3v) is 5.34. The minimum atomic E-state index is -0.618. The maximum absolute atomic E-state index is 12.3. The standard InChI is InChI=1S/C18H22N4O3S/c1-11(19-16(24)12-6-3-4-7-12)15(23)20-18-22-21-17(26-18)13-8-5-9-14(10-13)25-2/h5,8-12H,3-4,6-7H2,1-2H3,(H,19,24)(H,20,22,23)/t11-/m1/s1. The Morgan fingerprint density at radius 3 is 2.77 bits per heavy atom. The van der Waals surface area contributed by atoms with Crippen molar-refractivity contribution < 1.29 is 14.3 Å². The molecule has 0 radical (unpaired) electrons. The van der Waals surface area contributed by atoms with Crippen LogP contribution in [0, 0.1) is 5.92 Å². The number of carbonyl (C=O) groups excluding carboxylic acids is 2. The Morgan fingerprint density at radius 2 is 2.04 bits per heavy atom. The van der Waals surface area contributed by atoms with E-state index in [2.05, 4.69) is 20.8 Å². The van der Waals surface area contributed by atoms with E-state index in [-0.39, 0.29) is 17.7 Å². The highest BCUT2D eigenvalue weighted by molar-refractivity contribution is 7.18. The molecule has 0 aliphatic heterocycles. The second kappa shape index (κ2) is 8.27. The molecule has 26 heavy (non-hydrogen) atoms. The largest absolute Gasteiger partial charge is 0.497 e. The molecule has 7 nitrogen and oxygen atoms in total. The molecule has 2 amide bonds. The highest BCUT2D eigenvalue weighted by Gasteiger charge is 2.25. The fraction of sp³-hybridized carbons (Fsp3) is 0.444. The predicted molar refractivity (Wildman–Crippen MR) is 100 cm³/mol. The fourth-order valence-corrected chi connectivity index (χ4v) is 3.69. The van der Waals surface area contributed by atoms with Crippen molar-refractivity contribution in [3.05, 3.63) is 24.3 Å². The van der Waals surface area contributed by atoms with Gasteiger partial charge in [-0.2, -0.15) is 0 Å². The summed E-state index contributed by atoms with van der Waals surface area (Å²) in [6.45, 7) is 1.67. The quantitative estimate of drug-likeness (QED) is 0.811. The number of hydrogen-bond donors (Lipinski definition) is 2. The molecule has 1 saturated carbocycles. The van der Waals surface area contributed by atoms with Gasteiger partial charge in [0, 0.05) is 11.5 Å². The summed E-state index contributed by atoms with van der Waals surface area (Å²) in [4.78, 5) is 24.4. The summed E-state index contributed by atoms with van der Waals surface area (Å²) >= 11 is 1.27. The summed E-state index contributed by atoms with van der Waals surface area (Å²) < 4.78 is 5.20. The summed E-state index contributed by atoms with van der Waals surface area (Å²) in [5.41, 5.74) is 0.866. The van der Waals surface area contributed by atoms with E-state index in [1.54, 1.807) is 14.0 Å². The Bertz CT molecular complexity index is 786. The lowest BCUT2D eigenvalue weighted by molar-refractivity contribution is -0.128. The van der Waals surface area contributed by atoms with Crippen LogP contribution in [0.1, 0.15) is 32.6 Å². The Balaban J connectivity index is 1.59. The lowest BCUT2D eigenvalue weighted by atomic mass is 10.1. The molecule has 0 saturated heterocycles. The number of aromatic nitrogens is 2. The number of anilines is 1. The molecule has 2 aromatic rings. The van der Waals surface area contributed by atoms with E-state index >= 15 is 0 Å². The van der Waals surface area contributed by atoms with Gasteiger partial charge in [-0.3, -0.25) is 14.9 Å². The van der Waals surface area contributed by atoms with Gasteiger partial charge in [-0.05, 0) is 31.9 Å². The first-order valence-corrected chi connectivity index (χ1v) is 9.47. The number of hydrogen-bond acceptors (Lipinski definition) is 6. The predicted octanol–water partition coefficient (Wildman–Crippen LogP) is 2.85. The molecule has 3 rings (SSSR count). The van der Waals surface area contributed by atoms with Gasteiger partial charge in [0.15, 0.2) is 0 Å². The number of rotatable bonds is 6. The maximum Gasteiger partial charge on any atom is 0.248 e. The highest BCUT2D eigenvalue weighted by Crippen LogP contribution is 2.29. The molecule has 1 aromatic heterocycles. The van der Waals surface area contributed by atoms with E-state index in [1.165, 1.54) is 11.3 Å². The van der Waals surface area contributed by atoms with Gasteiger partial charge in [-0.15, -0.1) is 10.2 Å². The number of nitrogens with zero attached hydrogens (tertiary/aromatic N) is 2. The number of nitrogens with one attached hydrogen (secondary N) is 2. The lowest BCUT2D eigenvalue weighted by Gasteiger charge is -2.15. The molecule has 8 heteroatoms. The van der Waals surface area contributed by atoms with Crippen LogP contribution in [0.4, 0.5) is 5.13 Å². The van der Waals surface area contributed by atoms with Crippen LogP contribution in [0.15, 0.2) is 24.3 Å². The van der Waals surface area contributed by atoms with Crippen molar-refractivity contribution in [3.63, 3.8) is 0 Å². The molecule has 1 aromatic carbocycles. The molecule has 1 heterocycles. The molecule has 1 aliphatic rings. The van der Waals surface area contributed by atoms with Crippen molar-refractivity contribution in [1.82, 2.24) is 15.5 Å². The minimum absolute atomic E-state index is 0.0337. The second-order valence-corrected chi connectivity index (χ2v) is 7.32. The van der Waals surface area contributed by atoms with Gasteiger partial charge in [0.05, 0.1) is 7.11 Å². The summed E-state index contributed by atoms with van der Waals surface area (Å²) in [6, 6.07) is 6.86. The van der Waals surface area contributed by atoms with E-state index in [1.807, 2.05) is 24.3 Å². The van der Waals surface area contributed by atoms with E-state index in [0.717, 1.165) is 37.0 Å². The number of carbonyl (C=O) groups is 2. The van der Waals surface area contributed by atoms with Crippen LogP contribution in [0.3, 0.4) is 0 Å². The van der Waals surface area contributed by atoms with Crippen LogP contribution in [0.2, 0.25) is 0 Å². The van der Waals surface area contributed by atoms with E-state index in [9.17, 15) is 9.59 Å². The zero-order valence-electron chi connectivity index (χ0n) is 14.8. The average molecular weight is 374 g/mol. The summed E-state index contributed by atoms with van der Waals surface area (Å²) in [6.07, 6.45) is 3.97. The first-order valence-electron chi connectivity index (χ1n) is 8.66. The molecule has 2 N–H and O–H groups in total. The van der Waals surface area contributed by atoms with E-state index < -0.39 is 6.04 Å². The molecule has 1 fully saturated rings. The third kappa shape index (κ3) is 4.37. The number of benzene rings is 1. The first-order chi connectivity index (χ1) is 12.6. The van der Waals surface area contributed by atoms with Crippen LogP contribution in [-0.4, -0.2) is 35.2 Å². The van der Waals surface area contributed by atoms with Crippen molar-refractivity contribution in [2.75, 3.05) is 12.4 Å². The second-order valence-electron chi connectivity index (χ2n) is 6.35. The van der Waals surface area contributed by atoms with Crippen molar-refractivity contribution in [2.45, 2.75) is 38.6 Å². The molecule has 0 unspecified atom stereocenters. The zero-order chi connectivity index (χ0) is 18.5. The van der Waals surface area contributed by atoms with E-state index in [0.29, 0.717) is 10.1 Å². The van der Waals surface area contributed by atoms with Crippen LogP contribution in [0.25, 0.3) is 10.6 Å². The number of methoxy groups -OCH3 is 1. The average Bonchev–Trinajstić information content (AvgIpc) is 3.33. The van der Waals surface area contributed by atoms with Gasteiger partial charge in [-0.25, -0.2) is 0 Å². The van der Waals surface area contributed by atoms with Gasteiger partial charge in [0.25, 0.3) is 0 Å². The number of amides is 2.